The highest BCUT2D eigenvalue weighted by molar-refractivity contribution is 5.81. The average molecular weight is 187 g/mol. The number of carbonyl (C=O) groups excluding carboxylic acids is 1. The summed E-state index contributed by atoms with van der Waals surface area (Å²) in [5, 5.41) is 0. The lowest BCUT2D eigenvalue weighted by Gasteiger charge is -2.32. The zero-order valence-corrected chi connectivity index (χ0v) is 7.95. The van der Waals surface area contributed by atoms with Gasteiger partial charge in [-0.3, -0.25) is 15.1 Å². The second-order valence-electron chi connectivity index (χ2n) is 3.08. The van der Waals surface area contributed by atoms with E-state index >= 15 is 0 Å². The van der Waals surface area contributed by atoms with Crippen LogP contribution in [0.4, 0.5) is 0 Å². The minimum Gasteiger partial charge on any atom is -0.379 e. The van der Waals surface area contributed by atoms with Crippen LogP contribution in [0, 0.1) is 0 Å². The highest BCUT2D eigenvalue weighted by Crippen LogP contribution is 2.06. The molecule has 1 aliphatic heterocycles. The van der Waals surface area contributed by atoms with E-state index < -0.39 is 0 Å². The number of morpholine rings is 1. The smallest absolute Gasteiger partial charge is 0.251 e. The first kappa shape index (κ1) is 10.4. The van der Waals surface area contributed by atoms with Gasteiger partial charge in [0.25, 0.3) is 5.91 Å². The van der Waals surface area contributed by atoms with E-state index in [1.807, 2.05) is 6.92 Å². The highest BCUT2D eigenvalue weighted by Gasteiger charge is 2.24. The number of ether oxygens (including phenoxy) is 1. The van der Waals surface area contributed by atoms with Gasteiger partial charge in [-0.15, -0.1) is 0 Å². The Hall–Kier alpha value is -0.650. The Morgan fingerprint density at radius 3 is 2.69 bits per heavy atom. The average Bonchev–Trinajstić information content (AvgIpc) is 2.20. The summed E-state index contributed by atoms with van der Waals surface area (Å²) < 4.78 is 5.20. The molecule has 0 radical (unpaired) electrons. The van der Waals surface area contributed by atoms with Crippen LogP contribution in [0.2, 0.25) is 0 Å². The lowest BCUT2D eigenvalue weighted by atomic mass is 10.1. The number of hydrazine groups is 1. The van der Waals surface area contributed by atoms with E-state index in [9.17, 15) is 4.79 Å². The molecule has 1 aliphatic rings. The fraction of sp³-hybridized carbons (Fsp3) is 0.875. The molecule has 0 spiro atoms. The Bertz CT molecular complexity index is 169. The lowest BCUT2D eigenvalue weighted by molar-refractivity contribution is -0.128. The molecule has 0 bridgehead atoms. The van der Waals surface area contributed by atoms with E-state index in [1.165, 1.54) is 0 Å². The summed E-state index contributed by atoms with van der Waals surface area (Å²) in [6.07, 6.45) is 0.781. The maximum Gasteiger partial charge on any atom is 0.251 e. The van der Waals surface area contributed by atoms with Crippen LogP contribution in [0.25, 0.3) is 0 Å². The van der Waals surface area contributed by atoms with Gasteiger partial charge in [0.1, 0.15) is 0 Å². The van der Waals surface area contributed by atoms with Gasteiger partial charge in [-0.2, -0.15) is 0 Å². The molecular formula is C8H17N3O2. The van der Waals surface area contributed by atoms with Crippen LogP contribution in [0.5, 0.6) is 0 Å². The molecule has 0 aromatic carbocycles. The fourth-order valence-electron chi connectivity index (χ4n) is 1.59. The van der Waals surface area contributed by atoms with Crippen LogP contribution in [-0.2, 0) is 9.53 Å². The quantitative estimate of drug-likeness (QED) is 0.341. The highest BCUT2D eigenvalue weighted by atomic mass is 16.5. The van der Waals surface area contributed by atoms with Gasteiger partial charge in [0, 0.05) is 13.1 Å². The molecule has 0 unspecified atom stereocenters. The summed E-state index contributed by atoms with van der Waals surface area (Å²) >= 11 is 0. The van der Waals surface area contributed by atoms with Crippen molar-refractivity contribution in [2.24, 2.45) is 5.84 Å². The van der Waals surface area contributed by atoms with Gasteiger partial charge >= 0.3 is 0 Å². The monoisotopic (exact) mass is 187 g/mol. The summed E-state index contributed by atoms with van der Waals surface area (Å²) in [6.45, 7) is 5.01. The van der Waals surface area contributed by atoms with Crippen molar-refractivity contribution in [3.05, 3.63) is 0 Å². The van der Waals surface area contributed by atoms with Crippen LogP contribution < -0.4 is 11.3 Å². The molecule has 76 valence electrons. The molecule has 1 heterocycles. The minimum atomic E-state index is -0.107. The van der Waals surface area contributed by atoms with E-state index in [0.29, 0.717) is 13.2 Å². The minimum absolute atomic E-state index is 0.103. The molecule has 3 N–H and O–H groups in total. The first-order valence-electron chi connectivity index (χ1n) is 4.61. The number of hydrogen-bond donors (Lipinski definition) is 2. The van der Waals surface area contributed by atoms with Crippen molar-refractivity contribution in [2.75, 3.05) is 26.3 Å². The Morgan fingerprint density at radius 1 is 1.62 bits per heavy atom. The van der Waals surface area contributed by atoms with Crippen LogP contribution in [-0.4, -0.2) is 43.2 Å². The number of hydrogen-bond acceptors (Lipinski definition) is 4. The number of nitrogens with one attached hydrogen (secondary N) is 1. The van der Waals surface area contributed by atoms with E-state index in [1.54, 1.807) is 0 Å². The van der Waals surface area contributed by atoms with Crippen LogP contribution in [0.1, 0.15) is 13.3 Å². The molecular weight excluding hydrogens is 170 g/mol. The van der Waals surface area contributed by atoms with Crippen LogP contribution >= 0.6 is 0 Å². The van der Waals surface area contributed by atoms with E-state index in [4.69, 9.17) is 10.6 Å². The lowest BCUT2D eigenvalue weighted by Crippen LogP contribution is -2.52. The molecule has 0 aromatic rings. The van der Waals surface area contributed by atoms with Gasteiger partial charge in [-0.1, -0.05) is 6.92 Å². The van der Waals surface area contributed by atoms with Crippen molar-refractivity contribution in [3.8, 4) is 0 Å². The Kier molecular flexibility index (Phi) is 4.14. The molecule has 1 atom stereocenters. The Labute approximate surface area is 78.2 Å². The van der Waals surface area contributed by atoms with Gasteiger partial charge < -0.3 is 4.74 Å². The third-order valence-electron chi connectivity index (χ3n) is 2.32. The van der Waals surface area contributed by atoms with Gasteiger partial charge in [0.15, 0.2) is 0 Å². The van der Waals surface area contributed by atoms with Crippen molar-refractivity contribution < 1.29 is 9.53 Å². The third-order valence-corrected chi connectivity index (χ3v) is 2.32. The number of rotatable bonds is 3. The van der Waals surface area contributed by atoms with Gasteiger partial charge in [-0.25, -0.2) is 5.84 Å². The van der Waals surface area contributed by atoms with Gasteiger partial charge in [0.2, 0.25) is 0 Å². The van der Waals surface area contributed by atoms with Crippen molar-refractivity contribution >= 4 is 5.91 Å². The maximum atomic E-state index is 11.3. The summed E-state index contributed by atoms with van der Waals surface area (Å²) in [5.74, 6) is 4.99. The van der Waals surface area contributed by atoms with Crippen molar-refractivity contribution in [1.82, 2.24) is 10.3 Å². The predicted octanol–water partition coefficient (Wildman–Crippen LogP) is -0.913. The number of nitrogens with two attached hydrogens (primary N) is 1. The van der Waals surface area contributed by atoms with Crippen molar-refractivity contribution in [3.63, 3.8) is 0 Å². The zero-order chi connectivity index (χ0) is 9.68. The predicted molar refractivity (Wildman–Crippen MR) is 48.8 cm³/mol. The topological polar surface area (TPSA) is 67.6 Å². The second-order valence-corrected chi connectivity index (χ2v) is 3.08. The molecule has 1 rings (SSSR count). The second kappa shape index (κ2) is 5.16. The molecule has 0 aliphatic carbocycles. The van der Waals surface area contributed by atoms with Gasteiger partial charge in [-0.05, 0) is 6.42 Å². The summed E-state index contributed by atoms with van der Waals surface area (Å²) in [5.41, 5.74) is 2.19. The first-order valence-corrected chi connectivity index (χ1v) is 4.61. The molecule has 1 saturated heterocycles. The van der Waals surface area contributed by atoms with Crippen molar-refractivity contribution in [1.29, 1.82) is 0 Å². The largest absolute Gasteiger partial charge is 0.379 e. The summed E-state index contributed by atoms with van der Waals surface area (Å²) in [6, 6.07) is -0.103. The Balaban J connectivity index is 2.48. The van der Waals surface area contributed by atoms with Crippen LogP contribution in [0.15, 0.2) is 0 Å². The van der Waals surface area contributed by atoms with E-state index in [0.717, 1.165) is 19.5 Å². The van der Waals surface area contributed by atoms with Crippen LogP contribution in [0.3, 0.4) is 0 Å². The van der Waals surface area contributed by atoms with Crippen molar-refractivity contribution in [2.45, 2.75) is 19.4 Å². The molecule has 5 heteroatoms. The molecule has 1 amide bonds. The maximum absolute atomic E-state index is 11.3. The third kappa shape index (κ3) is 2.65. The summed E-state index contributed by atoms with van der Waals surface area (Å²) in [4.78, 5) is 13.4. The van der Waals surface area contributed by atoms with E-state index in [2.05, 4.69) is 10.3 Å². The standard InChI is InChI=1S/C8H17N3O2/c1-2-7(8(12)10-9)11-3-5-13-6-4-11/h7H,2-6,9H2,1H3,(H,10,12)/t7-/m0/s1. The van der Waals surface area contributed by atoms with E-state index in [-0.39, 0.29) is 11.9 Å². The SMILES string of the molecule is CC[C@@H](C(=O)NN)N1CCOCC1. The molecule has 5 nitrogen and oxygen atoms in total. The molecule has 1 fully saturated rings. The molecule has 0 aromatic heterocycles. The molecule has 13 heavy (non-hydrogen) atoms. The molecule has 0 saturated carbocycles. The first-order chi connectivity index (χ1) is 6.29. The zero-order valence-electron chi connectivity index (χ0n) is 7.95. The van der Waals surface area contributed by atoms with Gasteiger partial charge in [0.05, 0.1) is 19.3 Å². The summed E-state index contributed by atoms with van der Waals surface area (Å²) in [7, 11) is 0. The number of amides is 1. The number of carbonyl (C=O) groups is 1. The number of nitrogens with zero attached hydrogens (tertiary/aromatic N) is 1. The fourth-order valence-corrected chi connectivity index (χ4v) is 1.59. The normalized spacial score (nSPS) is 21.1. The Morgan fingerprint density at radius 2 is 2.23 bits per heavy atom.